The fourth-order valence-electron chi connectivity index (χ4n) is 4.46. The number of ether oxygens (including phenoxy) is 1. The molecule has 0 aromatic heterocycles. The molecule has 1 aliphatic heterocycles. The molecule has 0 fully saturated rings. The minimum absolute atomic E-state index is 0.200. The van der Waals surface area contributed by atoms with Gasteiger partial charge in [-0.1, -0.05) is 24.6 Å². The zero-order chi connectivity index (χ0) is 29.0. The van der Waals surface area contributed by atoms with Crippen molar-refractivity contribution in [2.24, 2.45) is 10.5 Å². The number of hydrogen-bond donors (Lipinski definition) is 0. The molecule has 0 saturated heterocycles. The van der Waals surface area contributed by atoms with Crippen LogP contribution in [-0.4, -0.2) is 55.6 Å². The van der Waals surface area contributed by atoms with Gasteiger partial charge in [0.05, 0.1) is 21.9 Å². The Morgan fingerprint density at radius 3 is 2.33 bits per heavy atom. The normalized spacial score (nSPS) is 17.9. The maximum absolute atomic E-state index is 13.3. The molecule has 0 radical (unpaired) electrons. The highest BCUT2D eigenvalue weighted by Gasteiger charge is 2.41. The topological polar surface area (TPSA) is 45.1 Å². The van der Waals surface area contributed by atoms with Gasteiger partial charge in [-0.15, -0.1) is 0 Å². The molecule has 0 N–H and O–H groups in total. The lowest BCUT2D eigenvalue weighted by molar-refractivity contribution is -0.138. The third kappa shape index (κ3) is 7.61. The molecule has 1 atom stereocenters. The lowest BCUT2D eigenvalue weighted by Crippen LogP contribution is -2.41. The second kappa shape index (κ2) is 12.4. The van der Waals surface area contributed by atoms with Gasteiger partial charge in [0, 0.05) is 24.8 Å². The first-order valence-electron chi connectivity index (χ1n) is 11.9. The van der Waals surface area contributed by atoms with E-state index in [1.165, 1.54) is 41.3 Å². The lowest BCUT2D eigenvalue weighted by Gasteiger charge is -2.28. The molecule has 39 heavy (non-hydrogen) atoms. The predicted molar refractivity (Wildman–Crippen MR) is 141 cm³/mol. The van der Waals surface area contributed by atoms with Crippen molar-refractivity contribution >= 4 is 40.7 Å². The van der Waals surface area contributed by atoms with Crippen LogP contribution in [0.3, 0.4) is 0 Å². The molecule has 1 heterocycles. The van der Waals surface area contributed by atoms with Crippen LogP contribution >= 0.6 is 23.4 Å². The quantitative estimate of drug-likeness (QED) is 0.166. The van der Waals surface area contributed by atoms with Crippen LogP contribution in [0.2, 0.25) is 5.02 Å². The van der Waals surface area contributed by atoms with Gasteiger partial charge in [0.25, 0.3) is 0 Å². The highest BCUT2D eigenvalue weighted by atomic mass is 35.5. The number of carbonyl (C=O) groups is 1. The number of amides is 1. The summed E-state index contributed by atoms with van der Waals surface area (Å²) in [6.45, 7) is 1.83. The SMILES string of the molecule is COCN(C(=O)CN1CC(C)(CCCSC)C(c2ccc(C(F)(F)F)c(Cl)c2)=N1)c1ccc(C(F)(F)F)cc1. The van der Waals surface area contributed by atoms with E-state index in [4.69, 9.17) is 16.3 Å². The van der Waals surface area contributed by atoms with Gasteiger partial charge in [0.15, 0.2) is 0 Å². The molecule has 13 heteroatoms. The number of thioether (sulfide) groups is 1. The minimum Gasteiger partial charge on any atom is -0.364 e. The molecule has 1 amide bonds. The van der Waals surface area contributed by atoms with E-state index in [0.717, 1.165) is 30.4 Å². The predicted octanol–water partition coefficient (Wildman–Crippen LogP) is 7.18. The van der Waals surface area contributed by atoms with Gasteiger partial charge in [-0.05, 0) is 66.8 Å². The molecule has 3 rings (SSSR count). The maximum Gasteiger partial charge on any atom is 0.417 e. The zero-order valence-corrected chi connectivity index (χ0v) is 23.1. The van der Waals surface area contributed by atoms with E-state index < -0.39 is 39.8 Å². The van der Waals surface area contributed by atoms with Gasteiger partial charge in [0.2, 0.25) is 5.91 Å². The first-order chi connectivity index (χ1) is 18.2. The van der Waals surface area contributed by atoms with E-state index in [0.29, 0.717) is 24.2 Å². The van der Waals surface area contributed by atoms with E-state index >= 15 is 0 Å². The molecule has 2 aromatic rings. The van der Waals surface area contributed by atoms with Crippen molar-refractivity contribution in [2.75, 3.05) is 43.8 Å². The molecule has 214 valence electrons. The van der Waals surface area contributed by atoms with Crippen LogP contribution in [0.25, 0.3) is 0 Å². The van der Waals surface area contributed by atoms with Gasteiger partial charge in [-0.3, -0.25) is 14.7 Å². The summed E-state index contributed by atoms with van der Waals surface area (Å²) in [6, 6.07) is 7.63. The van der Waals surface area contributed by atoms with Gasteiger partial charge < -0.3 is 4.74 Å². The van der Waals surface area contributed by atoms with E-state index in [-0.39, 0.29) is 19.0 Å². The van der Waals surface area contributed by atoms with Crippen LogP contribution in [0.15, 0.2) is 47.6 Å². The molecule has 0 saturated carbocycles. The number of anilines is 1. The average molecular weight is 596 g/mol. The summed E-state index contributed by atoms with van der Waals surface area (Å²) in [7, 11) is 1.35. The minimum atomic E-state index is -4.60. The second-order valence-electron chi connectivity index (χ2n) is 9.40. The van der Waals surface area contributed by atoms with Crippen LogP contribution in [0.5, 0.6) is 0 Å². The average Bonchev–Trinajstić information content (AvgIpc) is 3.17. The highest BCUT2D eigenvalue weighted by molar-refractivity contribution is 7.98. The monoisotopic (exact) mass is 595 g/mol. The number of hydrogen-bond acceptors (Lipinski definition) is 5. The molecule has 0 bridgehead atoms. The van der Waals surface area contributed by atoms with Gasteiger partial charge in [-0.25, -0.2) is 0 Å². The Labute approximate surface area is 232 Å². The molecule has 0 spiro atoms. The molecule has 0 aliphatic carbocycles. The van der Waals surface area contributed by atoms with Crippen molar-refractivity contribution in [3.05, 3.63) is 64.2 Å². The Balaban J connectivity index is 1.89. The van der Waals surface area contributed by atoms with Crippen molar-refractivity contribution in [3.8, 4) is 0 Å². The Hall–Kier alpha value is -2.44. The number of benzene rings is 2. The molecule has 1 unspecified atom stereocenters. The Morgan fingerprint density at radius 1 is 1.13 bits per heavy atom. The highest BCUT2D eigenvalue weighted by Crippen LogP contribution is 2.39. The summed E-state index contributed by atoms with van der Waals surface area (Å²) in [5.74, 6) is 0.393. The van der Waals surface area contributed by atoms with Crippen LogP contribution < -0.4 is 4.90 Å². The van der Waals surface area contributed by atoms with E-state index in [9.17, 15) is 31.1 Å². The number of alkyl halides is 6. The standard InChI is InChI=1S/C26H28ClF6N3O2S/c1-24(11-4-12-39-3)15-35(34-23(24)17-5-10-20(21(27)13-17)26(31,32)33)14-22(37)36(16-38-2)19-8-6-18(7-9-19)25(28,29)30/h5-10,13H,4,11-12,14-16H2,1-3H3. The fraction of sp³-hybridized carbons (Fsp3) is 0.462. The first kappa shape index (κ1) is 31.1. The smallest absolute Gasteiger partial charge is 0.364 e. The van der Waals surface area contributed by atoms with Crippen molar-refractivity contribution in [3.63, 3.8) is 0 Å². The largest absolute Gasteiger partial charge is 0.417 e. The number of rotatable bonds is 10. The number of halogens is 7. The van der Waals surface area contributed by atoms with Crippen molar-refractivity contribution in [2.45, 2.75) is 32.1 Å². The molecule has 2 aromatic carbocycles. The summed E-state index contributed by atoms with van der Waals surface area (Å²) < 4.78 is 83.8. The van der Waals surface area contributed by atoms with Crippen molar-refractivity contribution in [1.82, 2.24) is 5.01 Å². The zero-order valence-electron chi connectivity index (χ0n) is 21.5. The van der Waals surface area contributed by atoms with Gasteiger partial charge in [0.1, 0.15) is 13.3 Å². The number of methoxy groups -OCH3 is 1. The molecular formula is C26H28ClF6N3O2S. The Kier molecular flexibility index (Phi) is 9.87. The summed E-state index contributed by atoms with van der Waals surface area (Å²) in [4.78, 5) is 14.5. The summed E-state index contributed by atoms with van der Waals surface area (Å²) in [5.41, 5.74) is -1.23. The van der Waals surface area contributed by atoms with Crippen LogP contribution in [0.4, 0.5) is 32.0 Å². The fourth-order valence-corrected chi connectivity index (χ4v) is 5.18. The van der Waals surface area contributed by atoms with Crippen molar-refractivity contribution < 1.29 is 35.9 Å². The van der Waals surface area contributed by atoms with Crippen molar-refractivity contribution in [1.29, 1.82) is 0 Å². The lowest BCUT2D eigenvalue weighted by atomic mass is 9.78. The van der Waals surface area contributed by atoms with E-state index in [2.05, 4.69) is 5.10 Å². The second-order valence-corrected chi connectivity index (χ2v) is 10.8. The number of hydrazone groups is 1. The van der Waals surface area contributed by atoms with E-state index in [1.807, 2.05) is 13.2 Å². The Bertz CT molecular complexity index is 1190. The van der Waals surface area contributed by atoms with Crippen LogP contribution in [-0.2, 0) is 21.9 Å². The number of nitrogens with zero attached hydrogens (tertiary/aromatic N) is 3. The van der Waals surface area contributed by atoms with Crippen LogP contribution in [0, 0.1) is 5.41 Å². The molecule has 1 aliphatic rings. The molecule has 5 nitrogen and oxygen atoms in total. The van der Waals surface area contributed by atoms with Crippen LogP contribution in [0.1, 0.15) is 36.5 Å². The summed E-state index contributed by atoms with van der Waals surface area (Å²) >= 11 is 7.64. The third-order valence-electron chi connectivity index (χ3n) is 6.35. The maximum atomic E-state index is 13.3. The third-order valence-corrected chi connectivity index (χ3v) is 7.36. The first-order valence-corrected chi connectivity index (χ1v) is 13.6. The Morgan fingerprint density at radius 2 is 1.79 bits per heavy atom. The summed E-state index contributed by atoms with van der Waals surface area (Å²) in [6.07, 6.45) is -5.67. The van der Waals surface area contributed by atoms with Gasteiger partial charge in [-0.2, -0.15) is 43.2 Å². The number of carbonyl (C=O) groups excluding carboxylic acids is 1. The van der Waals surface area contributed by atoms with E-state index in [1.54, 1.807) is 11.8 Å². The summed E-state index contributed by atoms with van der Waals surface area (Å²) in [5, 5.41) is 5.69. The molecular weight excluding hydrogens is 568 g/mol. The van der Waals surface area contributed by atoms with Gasteiger partial charge >= 0.3 is 12.4 Å².